The summed E-state index contributed by atoms with van der Waals surface area (Å²) in [6.07, 6.45) is 0. The molecule has 4 nitrogen and oxygen atoms in total. The molecule has 0 atom stereocenters. The average molecular weight is 1200 g/mol. The van der Waals surface area contributed by atoms with E-state index < -0.39 is 0 Å². The third kappa shape index (κ3) is 9.81. The Bertz CT molecular complexity index is 5130. The van der Waals surface area contributed by atoms with Crippen LogP contribution in [0.15, 0.2) is 376 Å². The van der Waals surface area contributed by atoms with Crippen molar-refractivity contribution >= 4 is 77.5 Å². The molecule has 15 aromatic carbocycles. The van der Waals surface area contributed by atoms with Gasteiger partial charge in [0.1, 0.15) is 0 Å². The molecule has 0 amide bonds. The lowest BCUT2D eigenvalue weighted by molar-refractivity contribution is 1.13. The molecule has 0 fully saturated rings. The Kier molecular flexibility index (Phi) is 14.2. The third-order valence-corrected chi connectivity index (χ3v) is 18.5. The van der Waals surface area contributed by atoms with Crippen LogP contribution < -0.4 is 9.80 Å². The lowest BCUT2D eigenvalue weighted by atomic mass is 9.86. The predicted molar refractivity (Wildman–Crippen MR) is 397 cm³/mol. The van der Waals surface area contributed by atoms with Gasteiger partial charge in [-0.15, -0.1) is 0 Å². The van der Waals surface area contributed by atoms with Crippen LogP contribution in [0.5, 0.6) is 0 Å². The number of benzene rings is 15. The van der Waals surface area contributed by atoms with Gasteiger partial charge in [0.2, 0.25) is 0 Å². The van der Waals surface area contributed by atoms with Crippen LogP contribution in [-0.4, -0.2) is 9.13 Å². The Morgan fingerprint density at radius 2 is 0.415 bits per heavy atom. The Morgan fingerprint density at radius 1 is 0.170 bits per heavy atom. The van der Waals surface area contributed by atoms with E-state index in [0.717, 1.165) is 90.2 Å². The highest BCUT2D eigenvalue weighted by Gasteiger charge is 2.27. The third-order valence-electron chi connectivity index (χ3n) is 18.5. The minimum absolute atomic E-state index is 1.06. The summed E-state index contributed by atoms with van der Waals surface area (Å²) in [5, 5.41) is 7.19. The number of anilines is 6. The molecule has 0 saturated carbocycles. The molecule has 0 aliphatic heterocycles. The molecule has 0 bridgehead atoms. The molecule has 94 heavy (non-hydrogen) atoms. The van der Waals surface area contributed by atoms with E-state index in [1.165, 1.54) is 65.7 Å². The zero-order valence-corrected chi connectivity index (χ0v) is 51.6. The van der Waals surface area contributed by atoms with Crippen molar-refractivity contribution in [2.24, 2.45) is 0 Å². The number of nitrogens with zero attached hydrogens (tertiary/aromatic N) is 4. The largest absolute Gasteiger partial charge is 0.310 e. The second-order valence-corrected chi connectivity index (χ2v) is 23.9. The van der Waals surface area contributed by atoms with Crippen molar-refractivity contribution in [3.8, 4) is 78.4 Å². The zero-order valence-electron chi connectivity index (χ0n) is 51.6. The summed E-state index contributed by atoms with van der Waals surface area (Å²) in [7, 11) is 0. The summed E-state index contributed by atoms with van der Waals surface area (Å²) in [4.78, 5) is 4.78. The Balaban J connectivity index is 0.776. The van der Waals surface area contributed by atoms with Gasteiger partial charge in [0.25, 0.3) is 0 Å². The predicted octanol–water partition coefficient (Wildman–Crippen LogP) is 24.8. The van der Waals surface area contributed by atoms with E-state index in [2.05, 4.69) is 395 Å². The normalized spacial score (nSPS) is 11.4. The van der Waals surface area contributed by atoms with Crippen molar-refractivity contribution in [1.29, 1.82) is 0 Å². The van der Waals surface area contributed by atoms with Crippen LogP contribution in [0.1, 0.15) is 0 Å². The van der Waals surface area contributed by atoms with E-state index in [-0.39, 0.29) is 0 Å². The first-order valence-electron chi connectivity index (χ1n) is 32.2. The van der Waals surface area contributed by atoms with Crippen LogP contribution in [0, 0.1) is 0 Å². The molecule has 442 valence electrons. The molecule has 0 spiro atoms. The van der Waals surface area contributed by atoms with Gasteiger partial charge < -0.3 is 18.9 Å². The lowest BCUT2D eigenvalue weighted by Gasteiger charge is -2.26. The summed E-state index contributed by atoms with van der Waals surface area (Å²) in [5.41, 5.74) is 25.0. The molecule has 0 N–H and O–H groups in total. The SMILES string of the molecule is c1ccc(-c2c(-c3ccccc3)n(-c3ccccc3)c3cc(N(c4ccccc4)c4ccc(-c5c6ccccc6c(-c6ccc(N(c7ccccc7)c7ccc8c(-c9ccccc9)c(-c9ccccc9)n(-c9ccccc9)c8c7)cc6)c6ccccc56)cc4)ccc23)cc1. The minimum Gasteiger partial charge on any atom is -0.310 e. The minimum atomic E-state index is 1.06. The van der Waals surface area contributed by atoms with Crippen LogP contribution in [0.3, 0.4) is 0 Å². The van der Waals surface area contributed by atoms with Crippen molar-refractivity contribution in [3.05, 3.63) is 376 Å². The van der Waals surface area contributed by atoms with Crippen molar-refractivity contribution in [3.63, 3.8) is 0 Å². The zero-order chi connectivity index (χ0) is 62.3. The second-order valence-electron chi connectivity index (χ2n) is 23.9. The van der Waals surface area contributed by atoms with E-state index in [4.69, 9.17) is 0 Å². The van der Waals surface area contributed by atoms with Crippen molar-refractivity contribution in [2.75, 3.05) is 9.80 Å². The standard InChI is InChI=1S/C90H62N4/c1-9-29-63(30-10-1)87-81-59-57-75(61-83(81)93(71-41-21-7-22-42-71)89(87)67-33-13-3-14-34-67)91(69-37-17-5-18-38-69)73-53-49-65(50-54-73)85-77-45-25-27-47-79(77)86(80-48-28-26-46-78(80)85)66-51-55-74(56-52-66)92(70-39-19-6-20-40-70)76-58-60-82-84(62-76)94(72-43-23-8-24-44-72)90(68-35-15-4-16-36-68)88(82)64-31-11-2-12-32-64/h1-62H. The molecule has 0 saturated heterocycles. The first-order chi connectivity index (χ1) is 46.7. The summed E-state index contributed by atoms with van der Waals surface area (Å²) in [5.74, 6) is 0. The molecule has 0 radical (unpaired) electrons. The maximum atomic E-state index is 2.45. The second kappa shape index (κ2) is 24.0. The summed E-state index contributed by atoms with van der Waals surface area (Å²) >= 11 is 0. The van der Waals surface area contributed by atoms with Gasteiger partial charge in [-0.05, 0) is 163 Å². The number of hydrogen-bond acceptors (Lipinski definition) is 2. The molecule has 17 rings (SSSR count). The van der Waals surface area contributed by atoms with Gasteiger partial charge in [-0.2, -0.15) is 0 Å². The molecule has 0 aliphatic carbocycles. The van der Waals surface area contributed by atoms with Crippen molar-refractivity contribution in [1.82, 2.24) is 9.13 Å². The van der Waals surface area contributed by atoms with Crippen molar-refractivity contribution in [2.45, 2.75) is 0 Å². The molecule has 4 heteroatoms. The van der Waals surface area contributed by atoms with Crippen LogP contribution >= 0.6 is 0 Å². The summed E-state index contributed by atoms with van der Waals surface area (Å²) in [6.45, 7) is 0. The number of rotatable bonds is 14. The lowest BCUT2D eigenvalue weighted by Crippen LogP contribution is -2.10. The molecular formula is C90H62N4. The van der Waals surface area contributed by atoms with E-state index in [0.29, 0.717) is 0 Å². The number of hydrogen-bond donors (Lipinski definition) is 0. The van der Waals surface area contributed by atoms with Gasteiger partial charge in [0.05, 0.1) is 22.4 Å². The highest BCUT2D eigenvalue weighted by molar-refractivity contribution is 6.21. The first-order valence-corrected chi connectivity index (χ1v) is 32.2. The molecule has 17 aromatic rings. The number of para-hydroxylation sites is 4. The van der Waals surface area contributed by atoms with Gasteiger partial charge in [0.15, 0.2) is 0 Å². The van der Waals surface area contributed by atoms with E-state index in [9.17, 15) is 0 Å². The fourth-order valence-electron chi connectivity index (χ4n) is 14.4. The van der Waals surface area contributed by atoms with Gasteiger partial charge in [0, 0.05) is 67.4 Å². The Hall–Kier alpha value is -12.5. The van der Waals surface area contributed by atoms with Crippen molar-refractivity contribution < 1.29 is 0 Å². The maximum Gasteiger partial charge on any atom is 0.0619 e. The first kappa shape index (κ1) is 55.6. The van der Waals surface area contributed by atoms with Crippen LogP contribution in [0.25, 0.3) is 122 Å². The fraction of sp³-hybridized carbons (Fsp3) is 0. The smallest absolute Gasteiger partial charge is 0.0619 e. The summed E-state index contributed by atoms with van der Waals surface area (Å²) < 4.78 is 4.90. The van der Waals surface area contributed by atoms with Gasteiger partial charge in [-0.1, -0.05) is 279 Å². The average Bonchev–Trinajstić information content (AvgIpc) is 1.40. The van der Waals surface area contributed by atoms with Gasteiger partial charge >= 0.3 is 0 Å². The van der Waals surface area contributed by atoms with Gasteiger partial charge in [-0.3, -0.25) is 0 Å². The Labute approximate surface area is 547 Å². The van der Waals surface area contributed by atoms with E-state index in [1.807, 2.05) is 0 Å². The Morgan fingerprint density at radius 3 is 0.734 bits per heavy atom. The quantitative estimate of drug-likeness (QED) is 0.101. The van der Waals surface area contributed by atoms with Gasteiger partial charge in [-0.25, -0.2) is 0 Å². The highest BCUT2D eigenvalue weighted by atomic mass is 15.2. The van der Waals surface area contributed by atoms with E-state index >= 15 is 0 Å². The molecule has 2 aromatic heterocycles. The summed E-state index contributed by atoms with van der Waals surface area (Å²) in [6, 6.07) is 137. The maximum absolute atomic E-state index is 2.45. The van der Waals surface area contributed by atoms with Crippen LogP contribution in [-0.2, 0) is 0 Å². The highest BCUT2D eigenvalue weighted by Crippen LogP contribution is 2.50. The fourth-order valence-corrected chi connectivity index (χ4v) is 14.4. The topological polar surface area (TPSA) is 16.3 Å². The number of aromatic nitrogens is 2. The molecule has 2 heterocycles. The van der Waals surface area contributed by atoms with E-state index in [1.54, 1.807) is 0 Å². The number of fused-ring (bicyclic) bond motifs is 4. The van der Waals surface area contributed by atoms with Crippen LogP contribution in [0.2, 0.25) is 0 Å². The monoisotopic (exact) mass is 1200 g/mol. The molecule has 0 aliphatic rings. The van der Waals surface area contributed by atoms with Crippen LogP contribution in [0.4, 0.5) is 34.1 Å². The molecule has 0 unspecified atom stereocenters. The molecular weight excluding hydrogens is 1140 g/mol.